The van der Waals surface area contributed by atoms with Crippen molar-refractivity contribution in [3.8, 4) is 0 Å². The van der Waals surface area contributed by atoms with E-state index in [4.69, 9.17) is 0 Å². The van der Waals surface area contributed by atoms with Crippen LogP contribution >= 0.6 is 0 Å². The first-order valence-electron chi connectivity index (χ1n) is 10.4. The molecule has 0 aliphatic carbocycles. The highest BCUT2D eigenvalue weighted by atomic mass is 16.2. The normalized spacial score (nSPS) is 19.6. The van der Waals surface area contributed by atoms with Crippen molar-refractivity contribution < 1.29 is 9.59 Å². The van der Waals surface area contributed by atoms with Gasteiger partial charge in [-0.05, 0) is 64.3 Å². The number of aryl methyl sites for hydroxylation is 2. The summed E-state index contributed by atoms with van der Waals surface area (Å²) in [5.74, 6) is 0.511. The highest BCUT2D eigenvalue weighted by Crippen LogP contribution is 2.22. The van der Waals surface area contributed by atoms with Crippen molar-refractivity contribution in [3.05, 3.63) is 29.3 Å². The largest absolute Gasteiger partial charge is 0.342 e. The highest BCUT2D eigenvalue weighted by Gasteiger charge is 2.29. The molecule has 5 nitrogen and oxygen atoms in total. The van der Waals surface area contributed by atoms with E-state index in [1.165, 1.54) is 18.4 Å². The van der Waals surface area contributed by atoms with Crippen LogP contribution in [-0.4, -0.2) is 54.3 Å². The van der Waals surface area contributed by atoms with Crippen molar-refractivity contribution in [1.29, 1.82) is 0 Å². The van der Waals surface area contributed by atoms with Gasteiger partial charge in [0.1, 0.15) is 0 Å². The average molecular weight is 372 g/mol. The molecule has 0 unspecified atom stereocenters. The van der Waals surface area contributed by atoms with Crippen LogP contribution in [-0.2, 0) is 9.59 Å². The molecular weight excluding hydrogens is 338 g/mol. The number of carbonyl (C=O) groups is 2. The second kappa shape index (κ2) is 9.36. The number of amides is 2. The molecule has 0 saturated carbocycles. The van der Waals surface area contributed by atoms with E-state index in [9.17, 15) is 9.59 Å². The van der Waals surface area contributed by atoms with Crippen molar-refractivity contribution in [3.63, 3.8) is 0 Å². The Kier molecular flexibility index (Phi) is 6.89. The lowest BCUT2D eigenvalue weighted by molar-refractivity contribution is -0.137. The maximum absolute atomic E-state index is 12.8. The summed E-state index contributed by atoms with van der Waals surface area (Å²) in [5.41, 5.74) is 3.17. The molecule has 0 radical (unpaired) electrons. The van der Waals surface area contributed by atoms with Crippen LogP contribution in [0, 0.1) is 19.8 Å². The van der Waals surface area contributed by atoms with Crippen molar-refractivity contribution in [1.82, 2.24) is 9.80 Å². The second-order valence-electron chi connectivity index (χ2n) is 8.16. The van der Waals surface area contributed by atoms with Gasteiger partial charge >= 0.3 is 0 Å². The van der Waals surface area contributed by atoms with E-state index in [2.05, 4.69) is 28.1 Å². The third-order valence-corrected chi connectivity index (χ3v) is 5.88. The first kappa shape index (κ1) is 19.9. The van der Waals surface area contributed by atoms with Crippen LogP contribution < -0.4 is 5.32 Å². The maximum Gasteiger partial charge on any atom is 0.238 e. The quantitative estimate of drug-likeness (QED) is 0.883. The number of carbonyl (C=O) groups excluding carboxylic acids is 2. The minimum Gasteiger partial charge on any atom is -0.342 e. The zero-order chi connectivity index (χ0) is 19.2. The Morgan fingerprint density at radius 1 is 1.00 bits per heavy atom. The third-order valence-electron chi connectivity index (χ3n) is 5.88. The number of anilines is 1. The van der Waals surface area contributed by atoms with Crippen LogP contribution in [0.15, 0.2) is 18.2 Å². The minimum atomic E-state index is 0.0271. The zero-order valence-corrected chi connectivity index (χ0v) is 16.8. The summed E-state index contributed by atoms with van der Waals surface area (Å²) in [6, 6.07) is 6.06. The molecule has 2 heterocycles. The molecule has 2 saturated heterocycles. The van der Waals surface area contributed by atoms with Gasteiger partial charge in [-0.25, -0.2) is 0 Å². The molecule has 1 aromatic carbocycles. The maximum atomic E-state index is 12.8. The first-order chi connectivity index (χ1) is 13.0. The average Bonchev–Trinajstić information content (AvgIpc) is 2.93. The van der Waals surface area contributed by atoms with E-state index in [0.717, 1.165) is 63.1 Å². The number of likely N-dealkylation sites (tertiary alicyclic amines) is 2. The molecule has 0 atom stereocenters. The van der Waals surface area contributed by atoms with Gasteiger partial charge in [0.15, 0.2) is 0 Å². The fraction of sp³-hybridized carbons (Fsp3) is 0.636. The Morgan fingerprint density at radius 3 is 2.30 bits per heavy atom. The Balaban J connectivity index is 1.44. The molecule has 0 aromatic heterocycles. The Morgan fingerprint density at radius 2 is 1.67 bits per heavy atom. The fourth-order valence-corrected chi connectivity index (χ4v) is 4.23. The molecule has 5 heteroatoms. The summed E-state index contributed by atoms with van der Waals surface area (Å²) in [4.78, 5) is 29.4. The van der Waals surface area contributed by atoms with Gasteiger partial charge in [-0.1, -0.05) is 30.5 Å². The van der Waals surface area contributed by atoms with E-state index in [1.54, 1.807) is 0 Å². The Labute approximate surface area is 163 Å². The first-order valence-corrected chi connectivity index (χ1v) is 10.4. The van der Waals surface area contributed by atoms with E-state index < -0.39 is 0 Å². The van der Waals surface area contributed by atoms with Gasteiger partial charge in [0.05, 0.1) is 6.54 Å². The Hall–Kier alpha value is -1.88. The molecule has 2 aliphatic heterocycles. The van der Waals surface area contributed by atoms with Gasteiger partial charge in [-0.3, -0.25) is 14.5 Å². The Bertz CT molecular complexity index is 658. The molecule has 2 aliphatic rings. The van der Waals surface area contributed by atoms with Gasteiger partial charge in [0, 0.05) is 24.7 Å². The summed E-state index contributed by atoms with van der Waals surface area (Å²) in [7, 11) is 0. The molecule has 1 N–H and O–H groups in total. The molecule has 27 heavy (non-hydrogen) atoms. The lowest BCUT2D eigenvalue weighted by Crippen LogP contribution is -2.44. The van der Waals surface area contributed by atoms with Crippen LogP contribution in [0.4, 0.5) is 5.69 Å². The minimum absolute atomic E-state index is 0.0271. The molecule has 148 valence electrons. The summed E-state index contributed by atoms with van der Waals surface area (Å²) in [5, 5.41) is 3.02. The van der Waals surface area contributed by atoms with Crippen LogP contribution in [0.2, 0.25) is 0 Å². The lowest BCUT2D eigenvalue weighted by atomic mass is 9.95. The second-order valence-corrected chi connectivity index (χ2v) is 8.16. The van der Waals surface area contributed by atoms with Gasteiger partial charge < -0.3 is 10.2 Å². The fourth-order valence-electron chi connectivity index (χ4n) is 4.23. The number of hydrogen-bond donors (Lipinski definition) is 1. The number of piperidine rings is 1. The summed E-state index contributed by atoms with van der Waals surface area (Å²) < 4.78 is 0. The van der Waals surface area contributed by atoms with Gasteiger partial charge in [-0.15, -0.1) is 0 Å². The van der Waals surface area contributed by atoms with E-state index in [1.807, 2.05) is 19.1 Å². The van der Waals surface area contributed by atoms with Crippen molar-refractivity contribution in [2.45, 2.75) is 52.4 Å². The standard InChI is InChI=1S/C22H33N3O2/c1-17-7-8-20(18(2)15-17)23-21(26)16-24-13-9-19(10-14-24)22(27)25-11-5-3-4-6-12-25/h7-8,15,19H,3-6,9-14,16H2,1-2H3,(H,23,26). The van der Waals surface area contributed by atoms with Crippen LogP contribution in [0.25, 0.3) is 0 Å². The molecule has 0 bridgehead atoms. The van der Waals surface area contributed by atoms with Crippen LogP contribution in [0.5, 0.6) is 0 Å². The molecule has 1 aromatic rings. The third kappa shape index (κ3) is 5.55. The topological polar surface area (TPSA) is 52.7 Å². The number of benzene rings is 1. The van der Waals surface area contributed by atoms with Crippen molar-refractivity contribution in [2.75, 3.05) is 38.0 Å². The van der Waals surface area contributed by atoms with Gasteiger partial charge in [-0.2, -0.15) is 0 Å². The number of nitrogens with zero attached hydrogens (tertiary/aromatic N) is 2. The predicted octanol–water partition coefficient (Wildman–Crippen LogP) is 3.36. The van der Waals surface area contributed by atoms with E-state index in [0.29, 0.717) is 12.5 Å². The predicted molar refractivity (Wildman–Crippen MR) is 109 cm³/mol. The zero-order valence-electron chi connectivity index (χ0n) is 16.8. The van der Waals surface area contributed by atoms with Gasteiger partial charge in [0.25, 0.3) is 0 Å². The smallest absolute Gasteiger partial charge is 0.238 e. The monoisotopic (exact) mass is 371 g/mol. The summed E-state index contributed by atoms with van der Waals surface area (Å²) >= 11 is 0. The van der Waals surface area contributed by atoms with Crippen molar-refractivity contribution in [2.24, 2.45) is 5.92 Å². The summed E-state index contributed by atoms with van der Waals surface area (Å²) in [6.45, 7) is 7.97. The van der Waals surface area contributed by atoms with Gasteiger partial charge in [0.2, 0.25) is 11.8 Å². The molecule has 2 fully saturated rings. The SMILES string of the molecule is Cc1ccc(NC(=O)CN2CCC(C(=O)N3CCCCCC3)CC2)c(C)c1. The van der Waals surface area contributed by atoms with E-state index in [-0.39, 0.29) is 11.8 Å². The summed E-state index contributed by atoms with van der Waals surface area (Å²) in [6.07, 6.45) is 6.51. The van der Waals surface area contributed by atoms with Crippen LogP contribution in [0.3, 0.4) is 0 Å². The van der Waals surface area contributed by atoms with E-state index >= 15 is 0 Å². The number of hydrogen-bond acceptors (Lipinski definition) is 3. The van der Waals surface area contributed by atoms with Crippen LogP contribution in [0.1, 0.15) is 49.7 Å². The number of nitrogens with one attached hydrogen (secondary N) is 1. The molecular formula is C22H33N3O2. The molecule has 3 rings (SSSR count). The lowest BCUT2D eigenvalue weighted by Gasteiger charge is -2.33. The number of rotatable bonds is 4. The highest BCUT2D eigenvalue weighted by molar-refractivity contribution is 5.93. The van der Waals surface area contributed by atoms with Crippen molar-refractivity contribution >= 4 is 17.5 Å². The molecule has 0 spiro atoms. The molecule has 2 amide bonds.